The second-order valence-corrected chi connectivity index (χ2v) is 7.87. The van der Waals surface area contributed by atoms with Gasteiger partial charge in [0.25, 0.3) is 0 Å². The van der Waals surface area contributed by atoms with Crippen LogP contribution in [0.1, 0.15) is 0 Å². The summed E-state index contributed by atoms with van der Waals surface area (Å²) in [4.78, 5) is 16.0. The molecular weight excluding hydrogens is 420 g/mol. The van der Waals surface area contributed by atoms with Crippen LogP contribution in [-0.2, 0) is 4.79 Å². The van der Waals surface area contributed by atoms with E-state index in [2.05, 4.69) is 25.8 Å². The minimum Gasteiger partial charge on any atom is -0.330 e. The topological polar surface area (TPSA) is 79.8 Å². The molecule has 0 bridgehead atoms. The van der Waals surface area contributed by atoms with Crippen molar-refractivity contribution < 1.29 is 9.18 Å². The average Bonchev–Trinajstić information content (AvgIpc) is 3.05. The summed E-state index contributed by atoms with van der Waals surface area (Å²) in [6.07, 6.45) is 1.40. The number of carbonyl (C=O) groups is 1. The number of carbonyl (C=O) groups excluding carboxylic acids is 1. The molecule has 0 radical (unpaired) electrons. The van der Waals surface area contributed by atoms with Crippen molar-refractivity contribution in [2.45, 2.75) is 4.34 Å². The van der Waals surface area contributed by atoms with Gasteiger partial charge in [0, 0.05) is 11.9 Å². The van der Waals surface area contributed by atoms with Gasteiger partial charge in [0.1, 0.15) is 5.82 Å². The molecule has 11 heteroatoms. The Bertz CT molecular complexity index is 923. The van der Waals surface area contributed by atoms with E-state index < -0.39 is 0 Å². The van der Waals surface area contributed by atoms with Crippen molar-refractivity contribution in [2.24, 2.45) is 0 Å². The van der Waals surface area contributed by atoms with Crippen molar-refractivity contribution in [1.82, 2.24) is 15.2 Å². The molecule has 0 aliphatic carbocycles. The van der Waals surface area contributed by atoms with Crippen molar-refractivity contribution in [2.75, 3.05) is 16.4 Å². The molecular formula is C15H10Cl2FN5OS2. The van der Waals surface area contributed by atoms with E-state index in [0.717, 1.165) is 0 Å². The smallest absolute Gasteiger partial charge is 0.236 e. The van der Waals surface area contributed by atoms with Crippen molar-refractivity contribution in [1.29, 1.82) is 0 Å². The van der Waals surface area contributed by atoms with Crippen molar-refractivity contribution in [3.05, 3.63) is 52.4 Å². The number of rotatable bonds is 6. The lowest BCUT2D eigenvalue weighted by Gasteiger charge is -2.05. The standard InChI is InChI=1S/C15H10Cl2FN5OS2/c16-8-5-11(17)13(19-6-8)21-12(24)7-25-15-23-22-14(26-15)20-10-3-1-9(18)2-4-10/h1-6H,7H2,(H,20,22)(H,19,21,24). The van der Waals surface area contributed by atoms with Gasteiger partial charge in [0.15, 0.2) is 10.2 Å². The average molecular weight is 430 g/mol. The second-order valence-electron chi connectivity index (χ2n) is 4.83. The monoisotopic (exact) mass is 429 g/mol. The normalized spacial score (nSPS) is 10.6. The number of benzene rings is 1. The van der Waals surface area contributed by atoms with E-state index in [-0.39, 0.29) is 28.3 Å². The highest BCUT2D eigenvalue weighted by molar-refractivity contribution is 8.01. The fourth-order valence-corrected chi connectivity index (χ4v) is 3.78. The van der Waals surface area contributed by atoms with Gasteiger partial charge in [0.2, 0.25) is 11.0 Å². The third-order valence-electron chi connectivity index (χ3n) is 2.89. The molecule has 0 atom stereocenters. The van der Waals surface area contributed by atoms with Gasteiger partial charge >= 0.3 is 0 Å². The molecule has 0 saturated carbocycles. The van der Waals surface area contributed by atoms with Gasteiger partial charge in [-0.05, 0) is 30.3 Å². The molecule has 6 nitrogen and oxygen atoms in total. The van der Waals surface area contributed by atoms with Crippen LogP contribution in [0, 0.1) is 5.82 Å². The number of halogens is 3. The highest BCUT2D eigenvalue weighted by atomic mass is 35.5. The molecule has 2 N–H and O–H groups in total. The van der Waals surface area contributed by atoms with Crippen molar-refractivity contribution >= 4 is 68.8 Å². The molecule has 3 aromatic rings. The predicted molar refractivity (Wildman–Crippen MR) is 103 cm³/mol. The molecule has 0 fully saturated rings. The van der Waals surface area contributed by atoms with Crippen molar-refractivity contribution in [3.8, 4) is 0 Å². The number of hydrogen-bond donors (Lipinski definition) is 2. The SMILES string of the molecule is O=C(CSc1nnc(Nc2ccc(F)cc2)s1)Nc1ncc(Cl)cc1Cl. The Morgan fingerprint density at radius 1 is 1.23 bits per heavy atom. The summed E-state index contributed by atoms with van der Waals surface area (Å²) >= 11 is 14.2. The van der Waals surface area contributed by atoms with Crippen LogP contribution in [0.2, 0.25) is 10.0 Å². The fourth-order valence-electron chi connectivity index (χ4n) is 1.78. The molecule has 2 heterocycles. The zero-order valence-electron chi connectivity index (χ0n) is 12.9. The summed E-state index contributed by atoms with van der Waals surface area (Å²) in [5, 5.41) is 14.8. The predicted octanol–water partition coefficient (Wildman–Crippen LogP) is 4.85. The third-order valence-corrected chi connectivity index (χ3v) is 5.36. The maximum Gasteiger partial charge on any atom is 0.236 e. The van der Waals surface area contributed by atoms with Crippen LogP contribution in [0.3, 0.4) is 0 Å². The Balaban J connectivity index is 1.52. The van der Waals surface area contributed by atoms with Gasteiger partial charge in [-0.3, -0.25) is 4.79 Å². The van der Waals surface area contributed by atoms with E-state index in [1.807, 2.05) is 0 Å². The Labute approximate surface area is 166 Å². The van der Waals surface area contributed by atoms with Gasteiger partial charge < -0.3 is 10.6 Å². The molecule has 1 amide bonds. The number of aromatic nitrogens is 3. The first-order valence-corrected chi connectivity index (χ1v) is 9.65. The maximum absolute atomic E-state index is 12.9. The number of nitrogens with one attached hydrogen (secondary N) is 2. The zero-order valence-corrected chi connectivity index (χ0v) is 16.0. The Morgan fingerprint density at radius 3 is 2.73 bits per heavy atom. The molecule has 0 aliphatic rings. The Morgan fingerprint density at radius 2 is 2.00 bits per heavy atom. The van der Waals surface area contributed by atoms with E-state index >= 15 is 0 Å². The van der Waals surface area contributed by atoms with E-state index in [1.54, 1.807) is 12.1 Å². The van der Waals surface area contributed by atoms with Crippen LogP contribution in [0.15, 0.2) is 40.9 Å². The molecule has 0 saturated heterocycles. The van der Waals surface area contributed by atoms with Crippen LogP contribution in [0.25, 0.3) is 0 Å². The zero-order chi connectivity index (χ0) is 18.5. The van der Waals surface area contributed by atoms with E-state index in [1.165, 1.54) is 47.5 Å². The second kappa shape index (κ2) is 8.63. The fraction of sp³-hybridized carbons (Fsp3) is 0.0667. The molecule has 0 unspecified atom stereocenters. The highest BCUT2D eigenvalue weighted by Crippen LogP contribution is 2.28. The lowest BCUT2D eigenvalue weighted by molar-refractivity contribution is -0.113. The number of nitrogens with zero attached hydrogens (tertiary/aromatic N) is 3. The van der Waals surface area contributed by atoms with Gasteiger partial charge in [0.05, 0.1) is 15.8 Å². The summed E-state index contributed by atoms with van der Waals surface area (Å²) < 4.78 is 13.5. The molecule has 1 aromatic carbocycles. The van der Waals surface area contributed by atoms with E-state index in [0.29, 0.717) is 20.2 Å². The number of pyridine rings is 1. The number of anilines is 3. The van der Waals surface area contributed by atoms with Crippen LogP contribution < -0.4 is 10.6 Å². The molecule has 134 valence electrons. The minimum absolute atomic E-state index is 0.117. The van der Waals surface area contributed by atoms with Crippen molar-refractivity contribution in [3.63, 3.8) is 0 Å². The molecule has 26 heavy (non-hydrogen) atoms. The first-order valence-electron chi connectivity index (χ1n) is 7.09. The van der Waals surface area contributed by atoms with Gasteiger partial charge in [-0.25, -0.2) is 9.37 Å². The van der Waals surface area contributed by atoms with Gasteiger partial charge in [-0.15, -0.1) is 10.2 Å². The lowest BCUT2D eigenvalue weighted by atomic mass is 10.3. The summed E-state index contributed by atoms with van der Waals surface area (Å²) in [5.41, 5.74) is 0.695. The first kappa shape index (κ1) is 18.8. The lowest BCUT2D eigenvalue weighted by Crippen LogP contribution is -2.15. The van der Waals surface area contributed by atoms with Crippen LogP contribution in [0.4, 0.5) is 21.0 Å². The summed E-state index contributed by atoms with van der Waals surface area (Å²) in [5.74, 6) is -0.232. The van der Waals surface area contributed by atoms with E-state index in [4.69, 9.17) is 23.2 Å². The Hall–Kier alpha value is -1.94. The molecule has 0 spiro atoms. The largest absolute Gasteiger partial charge is 0.330 e. The minimum atomic E-state index is -0.314. The molecule has 0 aliphatic heterocycles. The number of thioether (sulfide) groups is 1. The maximum atomic E-state index is 12.9. The molecule has 2 aromatic heterocycles. The van der Waals surface area contributed by atoms with Crippen LogP contribution in [-0.4, -0.2) is 26.8 Å². The molecule has 3 rings (SSSR count). The van der Waals surface area contributed by atoms with Gasteiger partial charge in [-0.1, -0.05) is 46.3 Å². The summed E-state index contributed by atoms with van der Waals surface area (Å²) in [6.45, 7) is 0. The quantitative estimate of drug-likeness (QED) is 0.544. The Kier molecular flexibility index (Phi) is 6.25. The summed E-state index contributed by atoms with van der Waals surface area (Å²) in [6, 6.07) is 7.38. The van der Waals surface area contributed by atoms with Crippen LogP contribution in [0.5, 0.6) is 0 Å². The van der Waals surface area contributed by atoms with E-state index in [9.17, 15) is 9.18 Å². The number of amides is 1. The third kappa shape index (κ3) is 5.28. The summed E-state index contributed by atoms with van der Waals surface area (Å²) in [7, 11) is 0. The first-order chi connectivity index (χ1) is 12.5. The number of hydrogen-bond acceptors (Lipinski definition) is 7. The van der Waals surface area contributed by atoms with Gasteiger partial charge in [-0.2, -0.15) is 0 Å². The highest BCUT2D eigenvalue weighted by Gasteiger charge is 2.11. The van der Waals surface area contributed by atoms with Crippen LogP contribution >= 0.6 is 46.3 Å².